The van der Waals surface area contributed by atoms with Crippen LogP contribution in [0.15, 0.2) is 0 Å². The van der Waals surface area contributed by atoms with Crippen LogP contribution in [0.25, 0.3) is 0 Å². The van der Waals surface area contributed by atoms with Crippen LogP contribution in [0.5, 0.6) is 0 Å². The molecule has 4 unspecified atom stereocenters. The van der Waals surface area contributed by atoms with Gasteiger partial charge >= 0.3 is 5.97 Å². The van der Waals surface area contributed by atoms with Gasteiger partial charge in [0.1, 0.15) is 0 Å². The zero-order chi connectivity index (χ0) is 16.2. The maximum Gasteiger partial charge on any atom is 0.307 e. The molecule has 0 bridgehead atoms. The van der Waals surface area contributed by atoms with E-state index in [-0.39, 0.29) is 35.2 Å². The molecule has 0 saturated heterocycles. The van der Waals surface area contributed by atoms with E-state index in [1.54, 1.807) is 0 Å². The fraction of sp³-hybridized carbons (Fsp3) is 0.875. The van der Waals surface area contributed by atoms with Gasteiger partial charge in [-0.3, -0.25) is 9.59 Å². The number of hydrogen-bond donors (Lipinski definition) is 3. The molecule has 0 heterocycles. The predicted octanol–water partition coefficient (Wildman–Crippen LogP) is 2.02. The lowest BCUT2D eigenvalue weighted by Gasteiger charge is -2.46. The molecule has 1 amide bonds. The van der Waals surface area contributed by atoms with E-state index in [1.807, 2.05) is 27.7 Å². The molecule has 1 fully saturated rings. The number of hydrogen-bond acceptors (Lipinski definition) is 3. The number of carbonyl (C=O) groups is 2. The molecule has 21 heavy (non-hydrogen) atoms. The van der Waals surface area contributed by atoms with Crippen LogP contribution in [0.2, 0.25) is 0 Å². The van der Waals surface area contributed by atoms with E-state index in [2.05, 4.69) is 17.6 Å². The summed E-state index contributed by atoms with van der Waals surface area (Å²) in [5.41, 5.74) is -0.269. The van der Waals surface area contributed by atoms with Crippen molar-refractivity contribution in [3.05, 3.63) is 0 Å². The molecule has 0 aromatic rings. The Balaban J connectivity index is 2.55. The first-order valence-corrected chi connectivity index (χ1v) is 7.95. The highest BCUT2D eigenvalue weighted by molar-refractivity contribution is 5.78. The summed E-state index contributed by atoms with van der Waals surface area (Å²) < 4.78 is 0. The largest absolute Gasteiger partial charge is 0.481 e. The van der Waals surface area contributed by atoms with Crippen LogP contribution in [0.4, 0.5) is 0 Å². The molecule has 5 heteroatoms. The topological polar surface area (TPSA) is 78.4 Å². The average Bonchev–Trinajstić information content (AvgIpc) is 2.39. The molecule has 0 aliphatic heterocycles. The predicted molar refractivity (Wildman–Crippen MR) is 83.0 cm³/mol. The molecule has 4 atom stereocenters. The number of amides is 1. The van der Waals surface area contributed by atoms with Gasteiger partial charge in [-0.15, -0.1) is 0 Å². The van der Waals surface area contributed by atoms with E-state index in [9.17, 15) is 14.7 Å². The van der Waals surface area contributed by atoms with Crippen molar-refractivity contribution >= 4 is 11.9 Å². The van der Waals surface area contributed by atoms with Gasteiger partial charge in [0.25, 0.3) is 0 Å². The van der Waals surface area contributed by atoms with Crippen LogP contribution in [0.3, 0.4) is 0 Å². The Morgan fingerprint density at radius 2 is 1.95 bits per heavy atom. The fourth-order valence-electron chi connectivity index (χ4n) is 3.18. The Bertz CT molecular complexity index is 382. The van der Waals surface area contributed by atoms with E-state index >= 15 is 0 Å². The minimum Gasteiger partial charge on any atom is -0.481 e. The van der Waals surface area contributed by atoms with Crippen LogP contribution >= 0.6 is 0 Å². The minimum absolute atomic E-state index is 0.00899. The van der Waals surface area contributed by atoms with Gasteiger partial charge in [-0.05, 0) is 37.5 Å². The van der Waals surface area contributed by atoms with Gasteiger partial charge in [0.2, 0.25) is 5.91 Å². The van der Waals surface area contributed by atoms with E-state index in [0.29, 0.717) is 13.0 Å². The minimum atomic E-state index is -0.709. The van der Waals surface area contributed by atoms with E-state index in [1.165, 1.54) is 0 Å². The summed E-state index contributed by atoms with van der Waals surface area (Å²) >= 11 is 0. The molecule has 122 valence electrons. The molecule has 1 aliphatic rings. The summed E-state index contributed by atoms with van der Waals surface area (Å²) in [4.78, 5) is 23.2. The van der Waals surface area contributed by atoms with Crippen LogP contribution in [-0.2, 0) is 9.59 Å². The van der Waals surface area contributed by atoms with Crippen molar-refractivity contribution in [2.24, 2.45) is 17.3 Å². The normalized spacial score (nSPS) is 29.7. The highest BCUT2D eigenvalue weighted by atomic mass is 16.4. The summed E-state index contributed by atoms with van der Waals surface area (Å²) in [5, 5.41) is 15.6. The third-order valence-corrected chi connectivity index (χ3v) is 5.28. The number of aliphatic carboxylic acids is 1. The van der Waals surface area contributed by atoms with Gasteiger partial charge < -0.3 is 15.7 Å². The first kappa shape index (κ1) is 18.0. The third kappa shape index (κ3) is 4.43. The Morgan fingerprint density at radius 1 is 1.33 bits per heavy atom. The van der Waals surface area contributed by atoms with E-state index in [4.69, 9.17) is 0 Å². The Hall–Kier alpha value is -1.10. The Morgan fingerprint density at radius 3 is 2.48 bits per heavy atom. The van der Waals surface area contributed by atoms with Crippen LogP contribution < -0.4 is 10.6 Å². The monoisotopic (exact) mass is 298 g/mol. The molecule has 5 nitrogen and oxygen atoms in total. The third-order valence-electron chi connectivity index (χ3n) is 5.28. The molecule has 1 rings (SSSR count). The second-order valence-corrected chi connectivity index (χ2v) is 6.94. The van der Waals surface area contributed by atoms with Crippen molar-refractivity contribution in [3.63, 3.8) is 0 Å². The lowest BCUT2D eigenvalue weighted by atomic mass is 9.61. The maximum absolute atomic E-state index is 11.8. The quantitative estimate of drug-likeness (QED) is 0.701. The molecule has 1 aliphatic carbocycles. The summed E-state index contributed by atoms with van der Waals surface area (Å²) in [6.07, 6.45) is 2.38. The number of rotatable bonds is 6. The maximum atomic E-state index is 11.8. The molecule has 0 aromatic carbocycles. The molecular formula is C16H30N2O3. The molecule has 0 aromatic heterocycles. The summed E-state index contributed by atoms with van der Waals surface area (Å²) in [6.45, 7) is 10.4. The van der Waals surface area contributed by atoms with Crippen LogP contribution in [-0.4, -0.2) is 35.6 Å². The number of carbonyl (C=O) groups excluding carboxylic acids is 1. The van der Waals surface area contributed by atoms with Gasteiger partial charge in [-0.2, -0.15) is 0 Å². The molecule has 0 spiro atoms. The zero-order valence-electron chi connectivity index (χ0n) is 13.9. The van der Waals surface area contributed by atoms with Gasteiger partial charge in [0, 0.05) is 12.1 Å². The smallest absolute Gasteiger partial charge is 0.307 e. The standard InChI is InChI=1S/C16H30N2O3/c1-6-10(2)18-14(19)9-17-13-8-7-12(15(20)21)16(4,5)11(13)3/h10-13,17H,6-9H2,1-5H3,(H,18,19)(H,20,21). The zero-order valence-corrected chi connectivity index (χ0v) is 13.9. The van der Waals surface area contributed by atoms with Gasteiger partial charge in [0.15, 0.2) is 0 Å². The molecule has 3 N–H and O–H groups in total. The first-order valence-electron chi connectivity index (χ1n) is 7.95. The highest BCUT2D eigenvalue weighted by Gasteiger charge is 2.46. The van der Waals surface area contributed by atoms with Crippen LogP contribution in [0, 0.1) is 17.3 Å². The van der Waals surface area contributed by atoms with Crippen molar-refractivity contribution in [2.45, 2.75) is 66.0 Å². The van der Waals surface area contributed by atoms with Gasteiger partial charge in [-0.1, -0.05) is 27.7 Å². The number of carboxylic acids is 1. The van der Waals surface area contributed by atoms with E-state index in [0.717, 1.165) is 12.8 Å². The van der Waals surface area contributed by atoms with E-state index < -0.39 is 5.97 Å². The van der Waals surface area contributed by atoms with Gasteiger partial charge in [-0.25, -0.2) is 0 Å². The SMILES string of the molecule is CCC(C)NC(=O)CNC1CCC(C(=O)O)C(C)(C)C1C. The van der Waals surface area contributed by atoms with Crippen LogP contribution in [0.1, 0.15) is 53.9 Å². The second kappa shape index (κ2) is 7.25. The van der Waals surface area contributed by atoms with Crippen molar-refractivity contribution < 1.29 is 14.7 Å². The Labute approximate surface area is 127 Å². The van der Waals surface area contributed by atoms with Crippen molar-refractivity contribution in [1.29, 1.82) is 0 Å². The summed E-state index contributed by atoms with van der Waals surface area (Å²) in [6, 6.07) is 0.384. The average molecular weight is 298 g/mol. The number of carboxylic acid groups (broad SMARTS) is 1. The lowest BCUT2D eigenvalue weighted by Crippen LogP contribution is -2.53. The molecule has 0 radical (unpaired) electrons. The highest BCUT2D eigenvalue weighted by Crippen LogP contribution is 2.44. The lowest BCUT2D eigenvalue weighted by molar-refractivity contribution is -0.150. The van der Waals surface area contributed by atoms with Crippen molar-refractivity contribution in [2.75, 3.05) is 6.54 Å². The van der Waals surface area contributed by atoms with Crippen molar-refractivity contribution in [1.82, 2.24) is 10.6 Å². The fourth-order valence-corrected chi connectivity index (χ4v) is 3.18. The molecule has 1 saturated carbocycles. The second-order valence-electron chi connectivity index (χ2n) is 6.94. The summed E-state index contributed by atoms with van der Waals surface area (Å²) in [7, 11) is 0. The first-order chi connectivity index (χ1) is 9.70. The van der Waals surface area contributed by atoms with Crippen molar-refractivity contribution in [3.8, 4) is 0 Å². The van der Waals surface area contributed by atoms with Gasteiger partial charge in [0.05, 0.1) is 12.5 Å². The molecular weight excluding hydrogens is 268 g/mol. The number of nitrogens with one attached hydrogen (secondary N) is 2. The summed E-state index contributed by atoms with van der Waals surface area (Å²) in [5.74, 6) is -0.794. The Kier molecular flexibility index (Phi) is 6.20.